The molecule has 2 rings (SSSR count). The zero-order valence-corrected chi connectivity index (χ0v) is 6.51. The zero-order valence-electron chi connectivity index (χ0n) is 6.51. The molecule has 0 N–H and O–H groups in total. The van der Waals surface area contributed by atoms with E-state index >= 15 is 0 Å². The van der Waals surface area contributed by atoms with Crippen LogP contribution in [0.25, 0.3) is 0 Å². The van der Waals surface area contributed by atoms with E-state index in [1.54, 1.807) is 0 Å². The summed E-state index contributed by atoms with van der Waals surface area (Å²) < 4.78 is 0. The molecule has 0 aromatic heterocycles. The van der Waals surface area contributed by atoms with Gasteiger partial charge in [0.2, 0.25) is 0 Å². The highest BCUT2D eigenvalue weighted by Gasteiger charge is 2.36. The number of hydrazone groups is 1. The van der Waals surface area contributed by atoms with Crippen molar-refractivity contribution < 1.29 is 0 Å². The monoisotopic (exact) mass is 138 g/mol. The van der Waals surface area contributed by atoms with Crippen molar-refractivity contribution in [3.05, 3.63) is 0 Å². The first kappa shape index (κ1) is 6.20. The molecule has 1 aliphatic heterocycles. The second kappa shape index (κ2) is 1.97. The fraction of sp³-hybridized carbons (Fsp3) is 0.875. The van der Waals surface area contributed by atoms with Gasteiger partial charge in [0, 0.05) is 25.2 Å². The molecule has 1 spiro atoms. The van der Waals surface area contributed by atoms with Crippen molar-refractivity contribution in [1.82, 2.24) is 5.01 Å². The molecule has 0 unspecified atom stereocenters. The minimum atomic E-state index is 0.495. The average Bonchev–Trinajstić information content (AvgIpc) is 2.46. The van der Waals surface area contributed by atoms with Crippen LogP contribution in [0.4, 0.5) is 0 Å². The average molecular weight is 138 g/mol. The smallest absolute Gasteiger partial charge is 0.0463 e. The lowest BCUT2D eigenvalue weighted by Crippen LogP contribution is -2.24. The Bertz CT molecular complexity index is 157. The van der Waals surface area contributed by atoms with E-state index in [4.69, 9.17) is 0 Å². The summed E-state index contributed by atoms with van der Waals surface area (Å²) in [4.78, 5) is 0. The van der Waals surface area contributed by atoms with Crippen molar-refractivity contribution >= 4 is 6.21 Å². The molecule has 56 valence electrons. The maximum absolute atomic E-state index is 4.28. The van der Waals surface area contributed by atoms with Crippen LogP contribution in [0.1, 0.15) is 25.7 Å². The summed E-state index contributed by atoms with van der Waals surface area (Å²) in [6.07, 6.45) is 7.70. The van der Waals surface area contributed by atoms with Gasteiger partial charge in [0.1, 0.15) is 0 Å². The lowest BCUT2D eigenvalue weighted by Gasteiger charge is -2.19. The van der Waals surface area contributed by atoms with Crippen LogP contribution in [-0.4, -0.2) is 24.8 Å². The predicted octanol–water partition coefficient (Wildman–Crippen LogP) is 1.48. The van der Waals surface area contributed by atoms with Gasteiger partial charge < -0.3 is 0 Å². The van der Waals surface area contributed by atoms with Gasteiger partial charge >= 0.3 is 0 Å². The second-order valence-corrected chi connectivity index (χ2v) is 3.63. The number of nitrogens with zero attached hydrogens (tertiary/aromatic N) is 2. The summed E-state index contributed by atoms with van der Waals surface area (Å²) in [5, 5.41) is 6.34. The van der Waals surface area contributed by atoms with Crippen LogP contribution in [0.5, 0.6) is 0 Å². The van der Waals surface area contributed by atoms with E-state index in [9.17, 15) is 0 Å². The molecule has 2 nitrogen and oxygen atoms in total. The van der Waals surface area contributed by atoms with Gasteiger partial charge in [-0.25, -0.2) is 0 Å². The van der Waals surface area contributed by atoms with E-state index in [1.165, 1.54) is 25.7 Å². The van der Waals surface area contributed by atoms with Gasteiger partial charge in [0.05, 0.1) is 0 Å². The van der Waals surface area contributed by atoms with Gasteiger partial charge in [-0.3, -0.25) is 5.01 Å². The summed E-state index contributed by atoms with van der Waals surface area (Å²) in [6, 6.07) is 0. The normalized spacial score (nSPS) is 28.7. The first-order valence-electron chi connectivity index (χ1n) is 4.07. The third-order valence-electron chi connectivity index (χ3n) is 2.67. The lowest BCUT2D eigenvalue weighted by molar-refractivity contribution is 0.293. The highest BCUT2D eigenvalue weighted by atomic mass is 15.5. The highest BCUT2D eigenvalue weighted by Crippen LogP contribution is 2.39. The molecule has 1 aliphatic carbocycles. The van der Waals surface area contributed by atoms with Gasteiger partial charge in [-0.1, -0.05) is 12.8 Å². The Kier molecular flexibility index (Phi) is 1.22. The van der Waals surface area contributed by atoms with Crippen LogP contribution < -0.4 is 0 Å². The van der Waals surface area contributed by atoms with Crippen LogP contribution in [0.2, 0.25) is 0 Å². The minimum Gasteiger partial charge on any atom is -0.299 e. The minimum absolute atomic E-state index is 0.495. The highest BCUT2D eigenvalue weighted by molar-refractivity contribution is 5.68. The summed E-state index contributed by atoms with van der Waals surface area (Å²) >= 11 is 0. The SMILES string of the molecule is CN1CC2(C=N1)CCCC2. The van der Waals surface area contributed by atoms with E-state index in [-0.39, 0.29) is 0 Å². The van der Waals surface area contributed by atoms with Crippen molar-refractivity contribution in [2.24, 2.45) is 10.5 Å². The molecule has 0 amide bonds. The van der Waals surface area contributed by atoms with Crippen molar-refractivity contribution in [3.8, 4) is 0 Å². The molecule has 2 heteroatoms. The summed E-state index contributed by atoms with van der Waals surface area (Å²) in [5.41, 5.74) is 0.495. The van der Waals surface area contributed by atoms with Crippen LogP contribution in [-0.2, 0) is 0 Å². The van der Waals surface area contributed by atoms with Crippen molar-refractivity contribution in [2.75, 3.05) is 13.6 Å². The molecular weight excluding hydrogens is 124 g/mol. The number of hydrogen-bond donors (Lipinski definition) is 0. The maximum Gasteiger partial charge on any atom is 0.0463 e. The molecule has 1 fully saturated rings. The fourth-order valence-electron chi connectivity index (χ4n) is 2.12. The van der Waals surface area contributed by atoms with Crippen molar-refractivity contribution in [2.45, 2.75) is 25.7 Å². The van der Waals surface area contributed by atoms with Crippen LogP contribution in [0.3, 0.4) is 0 Å². The number of hydrogen-bond acceptors (Lipinski definition) is 2. The first-order valence-corrected chi connectivity index (χ1v) is 4.07. The molecule has 1 heterocycles. The second-order valence-electron chi connectivity index (χ2n) is 3.63. The Labute approximate surface area is 61.9 Å². The quantitative estimate of drug-likeness (QED) is 0.495. The third kappa shape index (κ3) is 0.825. The Morgan fingerprint density at radius 1 is 1.40 bits per heavy atom. The van der Waals surface area contributed by atoms with Crippen molar-refractivity contribution in [3.63, 3.8) is 0 Å². The molecule has 1 saturated carbocycles. The standard InChI is InChI=1S/C8H14N2/c1-10-7-8(6-9-10)4-2-3-5-8/h6H,2-5,7H2,1H3. The topological polar surface area (TPSA) is 15.6 Å². The van der Waals surface area contributed by atoms with Crippen LogP contribution >= 0.6 is 0 Å². The van der Waals surface area contributed by atoms with Gasteiger partial charge in [-0.15, -0.1) is 0 Å². The molecule has 10 heavy (non-hydrogen) atoms. The first-order chi connectivity index (χ1) is 4.81. The van der Waals surface area contributed by atoms with Gasteiger partial charge in [0.25, 0.3) is 0 Å². The van der Waals surface area contributed by atoms with E-state index in [1.807, 2.05) is 0 Å². The molecule has 0 atom stereocenters. The Morgan fingerprint density at radius 2 is 2.10 bits per heavy atom. The number of rotatable bonds is 0. The molecule has 0 aromatic rings. The fourth-order valence-corrected chi connectivity index (χ4v) is 2.12. The van der Waals surface area contributed by atoms with Crippen LogP contribution in [0.15, 0.2) is 5.10 Å². The largest absolute Gasteiger partial charge is 0.299 e. The predicted molar refractivity (Wildman–Crippen MR) is 42.0 cm³/mol. The van der Waals surface area contributed by atoms with Crippen LogP contribution in [0, 0.1) is 5.41 Å². The molecule has 2 aliphatic rings. The Morgan fingerprint density at radius 3 is 2.60 bits per heavy atom. The maximum atomic E-state index is 4.28. The molecule has 0 bridgehead atoms. The summed E-state index contributed by atoms with van der Waals surface area (Å²) in [6.45, 7) is 1.16. The van der Waals surface area contributed by atoms with E-state index in [2.05, 4.69) is 23.4 Å². The molecule has 0 radical (unpaired) electrons. The Hall–Kier alpha value is -0.530. The molecule has 0 saturated heterocycles. The van der Waals surface area contributed by atoms with Gasteiger partial charge in [-0.05, 0) is 12.8 Å². The molecule has 0 aromatic carbocycles. The van der Waals surface area contributed by atoms with E-state index < -0.39 is 0 Å². The van der Waals surface area contributed by atoms with Gasteiger partial charge in [0.15, 0.2) is 0 Å². The Balaban J connectivity index is 2.11. The summed E-state index contributed by atoms with van der Waals surface area (Å²) in [7, 11) is 2.06. The van der Waals surface area contributed by atoms with E-state index in [0.29, 0.717) is 5.41 Å². The zero-order chi connectivity index (χ0) is 7.03. The lowest BCUT2D eigenvalue weighted by atomic mass is 9.89. The third-order valence-corrected chi connectivity index (χ3v) is 2.67. The summed E-state index contributed by atoms with van der Waals surface area (Å²) in [5.74, 6) is 0. The van der Waals surface area contributed by atoms with Gasteiger partial charge in [-0.2, -0.15) is 5.10 Å². The van der Waals surface area contributed by atoms with E-state index in [0.717, 1.165) is 6.54 Å². The molecular formula is C8H14N2. The van der Waals surface area contributed by atoms with Crippen molar-refractivity contribution in [1.29, 1.82) is 0 Å².